The molecule has 0 radical (unpaired) electrons. The van der Waals surface area contributed by atoms with E-state index < -0.39 is 6.09 Å². The molecule has 0 aliphatic carbocycles. The van der Waals surface area contributed by atoms with Gasteiger partial charge in [0.25, 0.3) is 0 Å². The maximum absolute atomic E-state index is 12.8. The average molecular weight is 722 g/mol. The third-order valence-electron chi connectivity index (χ3n) is 9.42. The van der Waals surface area contributed by atoms with Gasteiger partial charge in [-0.15, -0.1) is 0 Å². The third-order valence-corrected chi connectivity index (χ3v) is 9.42. The van der Waals surface area contributed by atoms with Gasteiger partial charge in [0.15, 0.2) is 0 Å². The minimum atomic E-state index is -0.443. The van der Waals surface area contributed by atoms with Crippen molar-refractivity contribution in [3.05, 3.63) is 144 Å². The Morgan fingerprint density at radius 2 is 1.33 bits per heavy atom. The van der Waals surface area contributed by atoms with E-state index >= 15 is 0 Å². The first kappa shape index (κ1) is 37.4. The number of ether oxygens (including phenoxy) is 2. The standard InChI is InChI=1S/C45H47N5O4/c1-4-38(33-12-6-5-7-13-33)43(34-18-22-36(51)23-19-34)35-20-24-37(25-21-35)53-30-28-49(3)45(52)54-31-29-50(32(2)46)27-26-47-44-39-14-8-10-16-41(39)48-42-17-11-9-15-40(42)44/h5-25,46,51H,4,26-31H2,1-3H3,(H,47,48)/b43-38-,46-32?. The molecule has 0 unspecified atom stereocenters. The second-order valence-corrected chi connectivity index (χ2v) is 13.0. The molecule has 0 atom stereocenters. The number of carbonyl (C=O) groups excluding carboxylic acids is 1. The molecule has 6 aromatic rings. The molecule has 0 saturated carbocycles. The van der Waals surface area contributed by atoms with Crippen molar-refractivity contribution >= 4 is 50.6 Å². The molecule has 5 aromatic carbocycles. The molecule has 0 aliphatic rings. The van der Waals surface area contributed by atoms with Gasteiger partial charge in [0.2, 0.25) is 0 Å². The highest BCUT2D eigenvalue weighted by molar-refractivity contribution is 6.07. The van der Waals surface area contributed by atoms with E-state index in [9.17, 15) is 9.90 Å². The molecule has 0 aliphatic heterocycles. The molecule has 3 N–H and O–H groups in total. The summed E-state index contributed by atoms with van der Waals surface area (Å²) >= 11 is 0. The number of anilines is 1. The molecular formula is C45H47N5O4. The molecule has 276 valence electrons. The number of aromatic hydroxyl groups is 1. The van der Waals surface area contributed by atoms with E-state index in [2.05, 4.69) is 36.5 Å². The summed E-state index contributed by atoms with van der Waals surface area (Å²) in [6, 6.07) is 41.8. The topological polar surface area (TPSA) is 111 Å². The summed E-state index contributed by atoms with van der Waals surface area (Å²) < 4.78 is 11.6. The molecule has 1 aromatic heterocycles. The van der Waals surface area contributed by atoms with Gasteiger partial charge in [0.05, 0.1) is 35.6 Å². The van der Waals surface area contributed by atoms with E-state index in [0.717, 1.165) is 56.2 Å². The third kappa shape index (κ3) is 9.16. The molecule has 0 bridgehead atoms. The highest BCUT2D eigenvalue weighted by Crippen LogP contribution is 2.36. The largest absolute Gasteiger partial charge is 0.508 e. The first-order valence-electron chi connectivity index (χ1n) is 18.3. The van der Waals surface area contributed by atoms with Crippen LogP contribution in [0, 0.1) is 5.41 Å². The second kappa shape index (κ2) is 17.9. The van der Waals surface area contributed by atoms with Crippen LogP contribution in [0.2, 0.25) is 0 Å². The van der Waals surface area contributed by atoms with Gasteiger partial charge in [0, 0.05) is 30.9 Å². The van der Waals surface area contributed by atoms with Gasteiger partial charge in [-0.1, -0.05) is 97.9 Å². The van der Waals surface area contributed by atoms with Crippen LogP contribution in [0.15, 0.2) is 127 Å². The minimum Gasteiger partial charge on any atom is -0.508 e. The number of likely N-dealkylation sites (N-methyl/N-ethyl adjacent to an activating group) is 1. The lowest BCUT2D eigenvalue weighted by Crippen LogP contribution is -2.37. The van der Waals surface area contributed by atoms with E-state index in [-0.39, 0.29) is 12.4 Å². The summed E-state index contributed by atoms with van der Waals surface area (Å²) in [6.45, 7) is 6.26. The maximum atomic E-state index is 12.8. The van der Waals surface area contributed by atoms with Crippen LogP contribution in [0.4, 0.5) is 10.5 Å². The van der Waals surface area contributed by atoms with E-state index in [1.165, 1.54) is 10.5 Å². The maximum Gasteiger partial charge on any atom is 0.409 e. The zero-order valence-corrected chi connectivity index (χ0v) is 31.1. The number of carbonyl (C=O) groups is 1. The van der Waals surface area contributed by atoms with Crippen LogP contribution >= 0.6 is 0 Å². The lowest BCUT2D eigenvalue weighted by atomic mass is 9.88. The summed E-state index contributed by atoms with van der Waals surface area (Å²) in [5, 5.41) is 23.9. The molecule has 0 fully saturated rings. The van der Waals surface area contributed by atoms with Crippen molar-refractivity contribution < 1.29 is 19.4 Å². The van der Waals surface area contributed by atoms with Crippen molar-refractivity contribution in [3.63, 3.8) is 0 Å². The zero-order chi connectivity index (χ0) is 37.9. The van der Waals surface area contributed by atoms with Crippen LogP contribution in [-0.4, -0.2) is 78.3 Å². The molecule has 6 rings (SSSR count). The summed E-state index contributed by atoms with van der Waals surface area (Å²) in [6.07, 6.45) is 0.389. The van der Waals surface area contributed by atoms with E-state index in [1.807, 2.05) is 95.9 Å². The molecule has 9 heteroatoms. The number of phenols is 1. The summed E-state index contributed by atoms with van der Waals surface area (Å²) in [7, 11) is 1.69. The van der Waals surface area contributed by atoms with Crippen LogP contribution in [0.5, 0.6) is 11.5 Å². The van der Waals surface area contributed by atoms with E-state index in [4.69, 9.17) is 19.9 Å². The van der Waals surface area contributed by atoms with Crippen LogP contribution in [0.1, 0.15) is 37.0 Å². The predicted octanol–water partition coefficient (Wildman–Crippen LogP) is 9.32. The van der Waals surface area contributed by atoms with Crippen LogP contribution < -0.4 is 10.1 Å². The zero-order valence-electron chi connectivity index (χ0n) is 31.1. The number of hydrogen-bond donors (Lipinski definition) is 3. The monoisotopic (exact) mass is 721 g/mol. The second-order valence-electron chi connectivity index (χ2n) is 13.0. The molecule has 54 heavy (non-hydrogen) atoms. The number of para-hydroxylation sites is 2. The molecular weight excluding hydrogens is 675 g/mol. The molecule has 1 heterocycles. The van der Waals surface area contributed by atoms with E-state index in [1.54, 1.807) is 26.1 Å². The number of phenolic OH excluding ortho intramolecular Hbond substituents is 1. The normalized spacial score (nSPS) is 11.5. The highest BCUT2D eigenvalue weighted by Gasteiger charge is 2.16. The Hall–Kier alpha value is -6.35. The molecule has 9 nitrogen and oxygen atoms in total. The number of aromatic nitrogens is 1. The number of benzene rings is 5. The molecule has 0 spiro atoms. The first-order chi connectivity index (χ1) is 26.3. The summed E-state index contributed by atoms with van der Waals surface area (Å²) in [5.74, 6) is 1.33. The average Bonchev–Trinajstić information content (AvgIpc) is 3.20. The fourth-order valence-electron chi connectivity index (χ4n) is 6.56. The van der Waals surface area contributed by atoms with Gasteiger partial charge < -0.3 is 29.7 Å². The Labute approximate surface area is 317 Å². The number of amides is 1. The number of amidine groups is 1. The van der Waals surface area contributed by atoms with Crippen molar-refractivity contribution in [1.82, 2.24) is 14.8 Å². The summed E-state index contributed by atoms with van der Waals surface area (Å²) in [4.78, 5) is 21.0. The fourth-order valence-corrected chi connectivity index (χ4v) is 6.56. The molecule has 0 saturated heterocycles. The highest BCUT2D eigenvalue weighted by atomic mass is 16.6. The number of rotatable bonds is 15. The van der Waals surface area contributed by atoms with Gasteiger partial charge >= 0.3 is 6.09 Å². The summed E-state index contributed by atoms with van der Waals surface area (Å²) in [5.41, 5.74) is 8.39. The smallest absolute Gasteiger partial charge is 0.409 e. The number of nitrogens with zero attached hydrogens (tertiary/aromatic N) is 3. The van der Waals surface area contributed by atoms with Crippen molar-refractivity contribution in [2.75, 3.05) is 51.8 Å². The first-order valence-corrected chi connectivity index (χ1v) is 18.3. The SMILES string of the molecule is CC/C(=C(\c1ccc(O)cc1)c1ccc(OCCN(C)C(=O)OCCN(CCNc2c3ccccc3nc3ccccc23)C(C)=N)cc1)c1ccccc1. The fraction of sp³-hybridized carbons (Fsp3) is 0.222. The van der Waals surface area contributed by atoms with E-state index in [0.29, 0.717) is 44.4 Å². The van der Waals surface area contributed by atoms with Crippen molar-refractivity contribution in [2.24, 2.45) is 0 Å². The van der Waals surface area contributed by atoms with Crippen molar-refractivity contribution in [2.45, 2.75) is 20.3 Å². The van der Waals surface area contributed by atoms with Gasteiger partial charge in [-0.25, -0.2) is 9.78 Å². The minimum absolute atomic E-state index is 0.155. The lowest BCUT2D eigenvalue weighted by molar-refractivity contribution is 0.100. The number of nitrogens with one attached hydrogen (secondary N) is 2. The number of allylic oxidation sites excluding steroid dienone is 1. The molecule has 1 amide bonds. The van der Waals surface area contributed by atoms with Gasteiger partial charge in [-0.2, -0.15) is 0 Å². The number of pyridine rings is 1. The quantitative estimate of drug-likeness (QED) is 0.0420. The Balaban J connectivity index is 0.992. The Kier molecular flexibility index (Phi) is 12.4. The van der Waals surface area contributed by atoms with Crippen molar-refractivity contribution in [3.8, 4) is 11.5 Å². The Morgan fingerprint density at radius 1 is 0.741 bits per heavy atom. The van der Waals surface area contributed by atoms with Crippen LogP contribution in [0.25, 0.3) is 33.0 Å². The predicted molar refractivity (Wildman–Crippen MR) is 219 cm³/mol. The van der Waals surface area contributed by atoms with Crippen LogP contribution in [-0.2, 0) is 4.74 Å². The Morgan fingerprint density at radius 3 is 1.94 bits per heavy atom. The Bertz CT molecular complexity index is 2170. The van der Waals surface area contributed by atoms with Gasteiger partial charge in [0.1, 0.15) is 24.7 Å². The number of fused-ring (bicyclic) bond motifs is 2. The van der Waals surface area contributed by atoms with Gasteiger partial charge in [-0.3, -0.25) is 5.41 Å². The van der Waals surface area contributed by atoms with Crippen molar-refractivity contribution in [1.29, 1.82) is 5.41 Å². The van der Waals surface area contributed by atoms with Crippen LogP contribution in [0.3, 0.4) is 0 Å². The lowest BCUT2D eigenvalue weighted by Gasteiger charge is -2.25. The number of hydrogen-bond acceptors (Lipinski definition) is 7. The van der Waals surface area contributed by atoms with Gasteiger partial charge in [-0.05, 0) is 77.6 Å².